The summed E-state index contributed by atoms with van der Waals surface area (Å²) in [7, 11) is 0. The highest BCUT2D eigenvalue weighted by Gasteiger charge is 2.51. The fourth-order valence-corrected chi connectivity index (χ4v) is 8.63. The van der Waals surface area contributed by atoms with Crippen molar-refractivity contribution in [3.8, 4) is 33.4 Å². The molecule has 1 unspecified atom stereocenters. The highest BCUT2D eigenvalue weighted by Crippen LogP contribution is 2.63. The van der Waals surface area contributed by atoms with Crippen LogP contribution in [0.15, 0.2) is 127 Å². The number of thiophene rings is 1. The van der Waals surface area contributed by atoms with Crippen molar-refractivity contribution >= 4 is 31.5 Å². The molecule has 0 bridgehead atoms. The Hall–Kier alpha value is -4.46. The van der Waals surface area contributed by atoms with Crippen LogP contribution in [0.25, 0.3) is 53.6 Å². The van der Waals surface area contributed by atoms with E-state index in [1.165, 1.54) is 81.4 Å². The summed E-state index contributed by atoms with van der Waals surface area (Å²) in [4.78, 5) is 0. The molecule has 0 nitrogen and oxygen atoms in total. The fraction of sp³-hybridized carbons (Fsp3) is 0.0526. The number of benzene rings is 6. The van der Waals surface area contributed by atoms with Crippen LogP contribution in [0.1, 0.15) is 27.8 Å². The van der Waals surface area contributed by atoms with Crippen LogP contribution in [0.3, 0.4) is 0 Å². The Balaban J connectivity index is 1.40. The van der Waals surface area contributed by atoms with E-state index in [2.05, 4.69) is 134 Å². The molecule has 182 valence electrons. The first-order valence-corrected chi connectivity index (χ1v) is 14.4. The minimum absolute atomic E-state index is 0.312. The Morgan fingerprint density at radius 3 is 1.85 bits per heavy atom. The van der Waals surface area contributed by atoms with E-state index in [0.29, 0.717) is 0 Å². The van der Waals surface area contributed by atoms with Gasteiger partial charge in [-0.3, -0.25) is 0 Å². The van der Waals surface area contributed by atoms with E-state index in [-0.39, 0.29) is 5.41 Å². The first-order chi connectivity index (χ1) is 19.2. The lowest BCUT2D eigenvalue weighted by molar-refractivity contribution is 0.793. The van der Waals surface area contributed by atoms with Crippen LogP contribution in [-0.2, 0) is 5.41 Å². The molecule has 7 aromatic rings. The maximum absolute atomic E-state index is 2.50. The number of rotatable bonds is 1. The van der Waals surface area contributed by atoms with Gasteiger partial charge in [-0.25, -0.2) is 0 Å². The summed E-state index contributed by atoms with van der Waals surface area (Å²) in [5.41, 5.74) is 14.6. The smallest absolute Gasteiger partial charge is 0.0725 e. The lowest BCUT2D eigenvalue weighted by atomic mass is 9.70. The topological polar surface area (TPSA) is 0 Å². The molecule has 2 aliphatic rings. The molecule has 0 saturated carbocycles. The first kappa shape index (κ1) is 21.5. The van der Waals surface area contributed by atoms with E-state index in [1.807, 2.05) is 11.3 Å². The molecular formula is C38H24S. The zero-order valence-electron chi connectivity index (χ0n) is 21.5. The van der Waals surface area contributed by atoms with Gasteiger partial charge in [-0.15, -0.1) is 11.3 Å². The number of fused-ring (bicyclic) bond motifs is 13. The minimum Gasteiger partial charge on any atom is -0.135 e. The Bertz CT molecular complexity index is 2130. The second-order valence-corrected chi connectivity index (χ2v) is 12.0. The van der Waals surface area contributed by atoms with Crippen LogP contribution in [-0.4, -0.2) is 0 Å². The number of hydrogen-bond acceptors (Lipinski definition) is 1. The van der Waals surface area contributed by atoms with E-state index in [1.54, 1.807) is 0 Å². The van der Waals surface area contributed by atoms with Crippen LogP contribution in [0.2, 0.25) is 0 Å². The van der Waals surface area contributed by atoms with E-state index in [4.69, 9.17) is 0 Å². The molecule has 0 amide bonds. The second kappa shape index (κ2) is 7.56. The molecule has 1 atom stereocenters. The second-order valence-electron chi connectivity index (χ2n) is 10.9. The van der Waals surface area contributed by atoms with Crippen molar-refractivity contribution in [1.29, 1.82) is 0 Å². The third kappa shape index (κ3) is 2.63. The predicted octanol–water partition coefficient (Wildman–Crippen LogP) is 10.4. The van der Waals surface area contributed by atoms with Gasteiger partial charge in [0.25, 0.3) is 0 Å². The van der Waals surface area contributed by atoms with Crippen LogP contribution < -0.4 is 0 Å². The predicted molar refractivity (Wildman–Crippen MR) is 166 cm³/mol. The molecule has 0 radical (unpaired) electrons. The van der Waals surface area contributed by atoms with Gasteiger partial charge >= 0.3 is 0 Å². The molecule has 2 aliphatic carbocycles. The molecule has 9 rings (SSSR count). The molecular weight excluding hydrogens is 488 g/mol. The van der Waals surface area contributed by atoms with Crippen molar-refractivity contribution in [2.45, 2.75) is 12.3 Å². The van der Waals surface area contributed by atoms with E-state index in [0.717, 1.165) is 0 Å². The van der Waals surface area contributed by atoms with Crippen molar-refractivity contribution in [3.05, 3.63) is 155 Å². The Labute approximate surface area is 231 Å². The summed E-state index contributed by atoms with van der Waals surface area (Å²) >= 11 is 1.91. The quantitative estimate of drug-likeness (QED) is 0.205. The highest BCUT2D eigenvalue weighted by molar-refractivity contribution is 7.26. The van der Waals surface area contributed by atoms with Gasteiger partial charge in [0.1, 0.15) is 0 Å². The summed E-state index contributed by atoms with van der Waals surface area (Å²) in [5.74, 6) is 0. The largest absolute Gasteiger partial charge is 0.135 e. The Morgan fingerprint density at radius 2 is 1.05 bits per heavy atom. The monoisotopic (exact) mass is 512 g/mol. The van der Waals surface area contributed by atoms with Gasteiger partial charge in [0.15, 0.2) is 0 Å². The first-order valence-electron chi connectivity index (χ1n) is 13.6. The van der Waals surface area contributed by atoms with Gasteiger partial charge in [-0.1, -0.05) is 121 Å². The average molecular weight is 513 g/mol. The third-order valence-corrected chi connectivity index (χ3v) is 10.2. The molecule has 1 aromatic heterocycles. The Morgan fingerprint density at radius 1 is 0.462 bits per heavy atom. The van der Waals surface area contributed by atoms with Gasteiger partial charge in [0, 0.05) is 20.2 Å². The van der Waals surface area contributed by atoms with Crippen LogP contribution in [0.5, 0.6) is 0 Å². The van der Waals surface area contributed by atoms with Crippen LogP contribution in [0, 0.1) is 6.92 Å². The highest BCUT2D eigenvalue weighted by atomic mass is 32.1. The molecule has 0 fully saturated rings. The lowest BCUT2D eigenvalue weighted by Gasteiger charge is -2.31. The fourth-order valence-electron chi connectivity index (χ4n) is 7.40. The van der Waals surface area contributed by atoms with Gasteiger partial charge in [-0.05, 0) is 74.7 Å². The van der Waals surface area contributed by atoms with E-state index >= 15 is 0 Å². The van der Waals surface area contributed by atoms with Crippen molar-refractivity contribution in [2.24, 2.45) is 0 Å². The maximum Gasteiger partial charge on any atom is 0.0725 e. The van der Waals surface area contributed by atoms with E-state index < -0.39 is 0 Å². The summed E-state index contributed by atoms with van der Waals surface area (Å²) < 4.78 is 2.71. The zero-order valence-corrected chi connectivity index (χ0v) is 22.3. The molecule has 1 heteroatoms. The maximum atomic E-state index is 2.50. The van der Waals surface area contributed by atoms with Gasteiger partial charge in [-0.2, -0.15) is 0 Å². The summed E-state index contributed by atoms with van der Waals surface area (Å²) in [6.07, 6.45) is 0. The van der Waals surface area contributed by atoms with Crippen LogP contribution >= 0.6 is 11.3 Å². The molecule has 0 aliphatic heterocycles. The number of aryl methyl sites for hydroxylation is 1. The Kier molecular flexibility index (Phi) is 4.16. The summed E-state index contributed by atoms with van der Waals surface area (Å²) in [6, 6.07) is 47.9. The van der Waals surface area contributed by atoms with Crippen LogP contribution in [0.4, 0.5) is 0 Å². The average Bonchev–Trinajstić information content (AvgIpc) is 3.60. The van der Waals surface area contributed by atoms with Crippen molar-refractivity contribution in [2.75, 3.05) is 0 Å². The van der Waals surface area contributed by atoms with Gasteiger partial charge < -0.3 is 0 Å². The summed E-state index contributed by atoms with van der Waals surface area (Å²) in [5, 5.41) is 2.69. The molecule has 39 heavy (non-hydrogen) atoms. The molecule has 0 N–H and O–H groups in total. The SMILES string of the molecule is Cc1ccc2c(c1)C1(c3ccccc3-2)c2ccccc2-c2ccc(-c3cccc4c3sc3ccccc34)cc21. The minimum atomic E-state index is -0.312. The van der Waals surface area contributed by atoms with Gasteiger partial charge in [0.05, 0.1) is 5.41 Å². The zero-order chi connectivity index (χ0) is 25.7. The van der Waals surface area contributed by atoms with E-state index in [9.17, 15) is 0 Å². The van der Waals surface area contributed by atoms with Crippen molar-refractivity contribution in [3.63, 3.8) is 0 Å². The third-order valence-electron chi connectivity index (χ3n) is 8.96. The molecule has 0 saturated heterocycles. The van der Waals surface area contributed by atoms with Gasteiger partial charge in [0.2, 0.25) is 0 Å². The molecule has 1 heterocycles. The van der Waals surface area contributed by atoms with Crippen molar-refractivity contribution < 1.29 is 0 Å². The normalized spacial score (nSPS) is 16.4. The summed E-state index contributed by atoms with van der Waals surface area (Å²) in [6.45, 7) is 2.22. The van der Waals surface area contributed by atoms with Crippen molar-refractivity contribution in [1.82, 2.24) is 0 Å². The molecule has 1 spiro atoms. The lowest BCUT2D eigenvalue weighted by Crippen LogP contribution is -2.26. The standard InChI is InChI=1S/C38H24S/c1-23-17-19-28-26-9-2-5-14-32(26)38(34(28)21-23)33-15-6-3-10-27(33)29-20-18-24(22-35(29)38)25-12-8-13-31-30-11-4-7-16-36(30)39-37(25)31/h2-22H,1H3. The number of hydrogen-bond donors (Lipinski definition) is 0. The molecule has 6 aromatic carbocycles.